The highest BCUT2D eigenvalue weighted by Crippen LogP contribution is 2.38. The number of piperazine rings is 1. The van der Waals surface area contributed by atoms with Crippen LogP contribution < -0.4 is 29.7 Å². The first-order chi connectivity index (χ1) is 15.6. The van der Waals surface area contributed by atoms with Crippen molar-refractivity contribution in [1.29, 1.82) is 0 Å². The molecule has 9 nitrogen and oxygen atoms in total. The highest BCUT2D eigenvalue weighted by molar-refractivity contribution is 14.0. The van der Waals surface area contributed by atoms with Crippen molar-refractivity contribution in [2.75, 3.05) is 66.5 Å². The van der Waals surface area contributed by atoms with Gasteiger partial charge in [-0.25, -0.2) is 4.98 Å². The molecule has 0 aliphatic carbocycles. The molecule has 33 heavy (non-hydrogen) atoms. The van der Waals surface area contributed by atoms with E-state index in [4.69, 9.17) is 14.2 Å². The van der Waals surface area contributed by atoms with E-state index in [1.807, 2.05) is 24.4 Å². The lowest BCUT2D eigenvalue weighted by Crippen LogP contribution is -2.44. The van der Waals surface area contributed by atoms with E-state index < -0.39 is 0 Å². The van der Waals surface area contributed by atoms with Crippen molar-refractivity contribution in [2.24, 2.45) is 4.99 Å². The number of anilines is 1. The number of benzene rings is 1. The summed E-state index contributed by atoms with van der Waals surface area (Å²) in [5.41, 5.74) is 2.15. The van der Waals surface area contributed by atoms with Crippen molar-refractivity contribution in [3.05, 3.63) is 41.6 Å². The number of ether oxygens (including phenoxy) is 3. The molecule has 0 unspecified atom stereocenters. The van der Waals surface area contributed by atoms with Gasteiger partial charge in [0.15, 0.2) is 17.5 Å². The Hall–Kier alpha value is -2.47. The third-order valence-electron chi connectivity index (χ3n) is 5.51. The minimum atomic E-state index is 0. The summed E-state index contributed by atoms with van der Waals surface area (Å²) >= 11 is 0. The maximum Gasteiger partial charge on any atom is 0.203 e. The number of guanidine groups is 1. The minimum Gasteiger partial charge on any atom is -0.493 e. The molecule has 2 aromatic rings. The molecular weight excluding hydrogens is 535 g/mol. The second kappa shape index (κ2) is 13.3. The molecule has 1 aromatic heterocycles. The molecule has 182 valence electrons. The standard InChI is InChI=1S/C23H34N6O3.HI/c1-24-23(27-16-18-12-19(30-3)22(32-5)20(13-18)31-4)26-15-17-6-7-25-21(14-17)29-10-8-28(2)9-11-29;/h6-7,12-14H,8-11,15-16H2,1-5H3,(H2,24,26,27);1H. The van der Waals surface area contributed by atoms with Gasteiger partial charge in [-0.05, 0) is 42.4 Å². The SMILES string of the molecule is CN=C(NCc1ccnc(N2CCN(C)CC2)c1)NCc1cc(OC)c(OC)c(OC)c1.I. The zero-order chi connectivity index (χ0) is 22.9. The highest BCUT2D eigenvalue weighted by Gasteiger charge is 2.16. The van der Waals surface area contributed by atoms with Gasteiger partial charge in [-0.1, -0.05) is 0 Å². The topological polar surface area (TPSA) is 83.5 Å². The normalized spacial score (nSPS) is 14.3. The van der Waals surface area contributed by atoms with Crippen LogP contribution in [0.4, 0.5) is 5.82 Å². The fourth-order valence-corrected chi connectivity index (χ4v) is 3.61. The molecule has 1 aliphatic rings. The van der Waals surface area contributed by atoms with E-state index in [0.29, 0.717) is 36.3 Å². The number of rotatable bonds is 8. The molecule has 0 amide bonds. The van der Waals surface area contributed by atoms with E-state index in [-0.39, 0.29) is 24.0 Å². The van der Waals surface area contributed by atoms with Gasteiger partial charge >= 0.3 is 0 Å². The fraction of sp³-hybridized carbons (Fsp3) is 0.478. The van der Waals surface area contributed by atoms with Gasteiger partial charge in [0, 0.05) is 52.5 Å². The molecule has 0 saturated carbocycles. The van der Waals surface area contributed by atoms with E-state index in [2.05, 4.69) is 43.5 Å². The molecule has 0 spiro atoms. The molecule has 1 aliphatic heterocycles. The first kappa shape index (κ1) is 26.8. The smallest absolute Gasteiger partial charge is 0.203 e. The van der Waals surface area contributed by atoms with Crippen molar-refractivity contribution in [3.63, 3.8) is 0 Å². The predicted molar refractivity (Wildman–Crippen MR) is 142 cm³/mol. The average molecular weight is 570 g/mol. The van der Waals surface area contributed by atoms with Gasteiger partial charge < -0.3 is 34.6 Å². The fourth-order valence-electron chi connectivity index (χ4n) is 3.61. The van der Waals surface area contributed by atoms with Gasteiger partial charge in [0.2, 0.25) is 5.75 Å². The molecule has 10 heteroatoms. The van der Waals surface area contributed by atoms with Crippen molar-refractivity contribution in [2.45, 2.75) is 13.1 Å². The Morgan fingerprint density at radius 1 is 0.939 bits per heavy atom. The van der Waals surface area contributed by atoms with Gasteiger partial charge in [0.25, 0.3) is 0 Å². The van der Waals surface area contributed by atoms with Crippen molar-refractivity contribution < 1.29 is 14.2 Å². The lowest BCUT2D eigenvalue weighted by Gasteiger charge is -2.33. The van der Waals surface area contributed by atoms with Crippen molar-refractivity contribution in [3.8, 4) is 17.2 Å². The third-order valence-corrected chi connectivity index (χ3v) is 5.51. The molecule has 1 fully saturated rings. The number of pyridine rings is 1. The summed E-state index contributed by atoms with van der Waals surface area (Å²) in [6.45, 7) is 5.32. The first-order valence-corrected chi connectivity index (χ1v) is 10.7. The molecule has 0 bridgehead atoms. The molecule has 1 aromatic carbocycles. The lowest BCUT2D eigenvalue weighted by molar-refractivity contribution is 0.312. The van der Waals surface area contributed by atoms with E-state index in [1.165, 1.54) is 0 Å². The molecular formula is C23H35IN6O3. The Morgan fingerprint density at radius 2 is 1.55 bits per heavy atom. The van der Waals surface area contributed by atoms with Gasteiger partial charge in [0.1, 0.15) is 5.82 Å². The largest absolute Gasteiger partial charge is 0.493 e. The van der Waals surface area contributed by atoms with Crippen LogP contribution in [0.3, 0.4) is 0 Å². The number of aliphatic imine (C=N–C) groups is 1. The highest BCUT2D eigenvalue weighted by atomic mass is 127. The molecule has 0 radical (unpaired) electrons. The maximum atomic E-state index is 5.43. The average Bonchev–Trinajstić information content (AvgIpc) is 2.84. The summed E-state index contributed by atoms with van der Waals surface area (Å²) < 4.78 is 16.3. The number of hydrogen-bond donors (Lipinski definition) is 2. The molecule has 1 saturated heterocycles. The summed E-state index contributed by atoms with van der Waals surface area (Å²) in [6, 6.07) is 8.02. The van der Waals surface area contributed by atoms with Gasteiger partial charge in [-0.3, -0.25) is 4.99 Å². The molecule has 2 N–H and O–H groups in total. The van der Waals surface area contributed by atoms with E-state index >= 15 is 0 Å². The van der Waals surface area contributed by atoms with Crippen LogP contribution in [-0.4, -0.2) is 77.4 Å². The summed E-state index contributed by atoms with van der Waals surface area (Å²) in [5, 5.41) is 6.70. The molecule has 0 atom stereocenters. The van der Waals surface area contributed by atoms with Crippen LogP contribution >= 0.6 is 24.0 Å². The Morgan fingerprint density at radius 3 is 2.09 bits per heavy atom. The third kappa shape index (κ3) is 7.26. The molecule has 3 rings (SSSR count). The quantitative estimate of drug-likeness (QED) is 0.285. The van der Waals surface area contributed by atoms with Crippen molar-refractivity contribution >= 4 is 35.8 Å². The van der Waals surface area contributed by atoms with Crippen LogP contribution in [0.1, 0.15) is 11.1 Å². The van der Waals surface area contributed by atoms with Gasteiger partial charge in [-0.2, -0.15) is 0 Å². The summed E-state index contributed by atoms with van der Waals surface area (Å²) in [5.74, 6) is 3.56. The van der Waals surface area contributed by atoms with Gasteiger partial charge in [-0.15, -0.1) is 24.0 Å². The van der Waals surface area contributed by atoms with E-state index in [9.17, 15) is 0 Å². The van der Waals surface area contributed by atoms with Crippen LogP contribution in [0.15, 0.2) is 35.5 Å². The second-order valence-corrected chi connectivity index (χ2v) is 7.63. The van der Waals surface area contributed by atoms with Crippen LogP contribution in [0.25, 0.3) is 0 Å². The number of likely N-dealkylation sites (N-methyl/N-ethyl adjacent to an activating group) is 1. The monoisotopic (exact) mass is 570 g/mol. The van der Waals surface area contributed by atoms with Crippen LogP contribution in [0.5, 0.6) is 17.2 Å². The van der Waals surface area contributed by atoms with Gasteiger partial charge in [0.05, 0.1) is 21.3 Å². The maximum absolute atomic E-state index is 5.43. The predicted octanol–water partition coefficient (Wildman–Crippen LogP) is 2.34. The van der Waals surface area contributed by atoms with E-state index in [1.54, 1.807) is 28.4 Å². The summed E-state index contributed by atoms with van der Waals surface area (Å²) in [4.78, 5) is 13.6. The lowest BCUT2D eigenvalue weighted by atomic mass is 10.2. The number of hydrogen-bond acceptors (Lipinski definition) is 7. The summed E-state index contributed by atoms with van der Waals surface area (Å²) in [6.07, 6.45) is 1.87. The van der Waals surface area contributed by atoms with Crippen LogP contribution in [0.2, 0.25) is 0 Å². The Bertz CT molecular complexity index is 894. The number of nitrogens with one attached hydrogen (secondary N) is 2. The van der Waals surface area contributed by atoms with Crippen molar-refractivity contribution in [1.82, 2.24) is 20.5 Å². The second-order valence-electron chi connectivity index (χ2n) is 7.63. The first-order valence-electron chi connectivity index (χ1n) is 10.7. The zero-order valence-corrected chi connectivity index (χ0v) is 22.4. The summed E-state index contributed by atoms with van der Waals surface area (Å²) in [7, 11) is 8.73. The molecule has 2 heterocycles. The number of aromatic nitrogens is 1. The van der Waals surface area contributed by atoms with Crippen LogP contribution in [0, 0.1) is 0 Å². The zero-order valence-electron chi connectivity index (χ0n) is 20.1. The Labute approximate surface area is 213 Å². The Kier molecular flexibility index (Phi) is 10.8. The Balaban J connectivity index is 0.00000385. The number of halogens is 1. The number of methoxy groups -OCH3 is 3. The number of nitrogens with zero attached hydrogens (tertiary/aromatic N) is 4. The minimum absolute atomic E-state index is 0. The van der Waals surface area contributed by atoms with E-state index in [0.717, 1.165) is 43.1 Å². The van der Waals surface area contributed by atoms with Crippen LogP contribution in [-0.2, 0) is 13.1 Å².